The van der Waals surface area contributed by atoms with Gasteiger partial charge in [0.15, 0.2) is 5.41 Å². The van der Waals surface area contributed by atoms with E-state index in [-0.39, 0.29) is 24.2 Å². The number of nitro groups is 1. The number of hydrogen-bond acceptors (Lipinski definition) is 6. The number of barbiturate groups is 1. The summed E-state index contributed by atoms with van der Waals surface area (Å²) in [6.45, 7) is 4.32. The third-order valence-electron chi connectivity index (χ3n) is 6.60. The molecule has 0 aliphatic carbocycles. The quantitative estimate of drug-likeness (QED) is 0.473. The zero-order chi connectivity index (χ0) is 20.9. The van der Waals surface area contributed by atoms with Crippen molar-refractivity contribution >= 4 is 29.2 Å². The van der Waals surface area contributed by atoms with Gasteiger partial charge in [-0.3, -0.25) is 29.9 Å². The van der Waals surface area contributed by atoms with Crippen LogP contribution < -0.4 is 10.2 Å². The minimum atomic E-state index is -1.46. The van der Waals surface area contributed by atoms with Crippen LogP contribution in [0.15, 0.2) is 18.2 Å². The van der Waals surface area contributed by atoms with Gasteiger partial charge in [0, 0.05) is 36.8 Å². The number of nitrogens with one attached hydrogen (secondary N) is 1. The number of rotatable bonds is 3. The summed E-state index contributed by atoms with van der Waals surface area (Å²) in [5.74, 6) is -1.09. The van der Waals surface area contributed by atoms with Crippen LogP contribution in [0, 0.1) is 15.5 Å². The average Bonchev–Trinajstić information content (AvgIpc) is 2.71. The summed E-state index contributed by atoms with van der Waals surface area (Å²) in [5.41, 5.74) is -0.106. The highest BCUT2D eigenvalue weighted by molar-refractivity contribution is 6.20. The maximum absolute atomic E-state index is 13.7. The molecule has 3 unspecified atom stereocenters. The van der Waals surface area contributed by atoms with Gasteiger partial charge in [0.1, 0.15) is 0 Å². The Bertz CT molecular complexity index is 916. The number of nitro benzene ring substituents is 1. The van der Waals surface area contributed by atoms with Crippen molar-refractivity contribution in [3.63, 3.8) is 0 Å². The predicted octanol–water partition coefficient (Wildman–Crippen LogP) is 2.37. The molecule has 154 valence electrons. The first-order valence-corrected chi connectivity index (χ1v) is 10.0. The molecular formula is C20H24N4O5. The van der Waals surface area contributed by atoms with Gasteiger partial charge in [-0.1, -0.05) is 6.92 Å². The molecule has 4 rings (SSSR count). The summed E-state index contributed by atoms with van der Waals surface area (Å²) >= 11 is 0. The topological polar surface area (TPSA) is 113 Å². The van der Waals surface area contributed by atoms with Crippen molar-refractivity contribution in [2.24, 2.45) is 5.41 Å². The standard InChI is InChI=1S/C20H24N4O5/c1-3-12(2)23-18(26)20(17(25)21-19(23)27)11-13-10-14(24(28)29)7-8-15(13)22-9-5-4-6-16(20)22/h7-8,10,12,16H,3-6,9,11H2,1-2H3,(H,21,25,27). The molecule has 9 nitrogen and oxygen atoms in total. The molecule has 1 aromatic carbocycles. The Hall–Kier alpha value is -2.97. The molecule has 1 spiro atoms. The van der Waals surface area contributed by atoms with E-state index in [0.717, 1.165) is 23.4 Å². The number of nitrogens with zero attached hydrogens (tertiary/aromatic N) is 3. The van der Waals surface area contributed by atoms with E-state index in [9.17, 15) is 24.5 Å². The van der Waals surface area contributed by atoms with Gasteiger partial charge in [0.25, 0.3) is 5.69 Å². The van der Waals surface area contributed by atoms with Crippen molar-refractivity contribution in [2.45, 2.75) is 58.0 Å². The number of anilines is 1. The first-order chi connectivity index (χ1) is 13.8. The van der Waals surface area contributed by atoms with Gasteiger partial charge in [-0.2, -0.15) is 0 Å². The number of imide groups is 2. The lowest BCUT2D eigenvalue weighted by Crippen LogP contribution is -2.73. The maximum Gasteiger partial charge on any atom is 0.331 e. The normalized spacial score (nSPS) is 27.4. The first kappa shape index (κ1) is 19.4. The highest BCUT2D eigenvalue weighted by Gasteiger charge is 2.62. The summed E-state index contributed by atoms with van der Waals surface area (Å²) < 4.78 is 0. The number of carbonyl (C=O) groups is 3. The fourth-order valence-corrected chi connectivity index (χ4v) is 4.96. The molecule has 0 saturated carbocycles. The third-order valence-corrected chi connectivity index (χ3v) is 6.60. The number of non-ortho nitro benzene ring substituents is 1. The van der Waals surface area contributed by atoms with Crippen LogP contribution in [-0.2, 0) is 16.0 Å². The van der Waals surface area contributed by atoms with Crippen molar-refractivity contribution < 1.29 is 19.3 Å². The number of urea groups is 1. The molecule has 2 fully saturated rings. The molecule has 0 bridgehead atoms. The Labute approximate surface area is 168 Å². The fraction of sp³-hybridized carbons (Fsp3) is 0.550. The van der Waals surface area contributed by atoms with Crippen LogP contribution in [0.5, 0.6) is 0 Å². The van der Waals surface area contributed by atoms with E-state index in [1.165, 1.54) is 12.1 Å². The molecule has 0 radical (unpaired) electrons. The maximum atomic E-state index is 13.7. The van der Waals surface area contributed by atoms with Crippen LogP contribution in [0.3, 0.4) is 0 Å². The van der Waals surface area contributed by atoms with Crippen molar-refractivity contribution in [1.29, 1.82) is 0 Å². The predicted molar refractivity (Wildman–Crippen MR) is 104 cm³/mol. The molecule has 2 saturated heterocycles. The summed E-state index contributed by atoms with van der Waals surface area (Å²) in [5, 5.41) is 13.7. The Kier molecular flexibility index (Phi) is 4.55. The van der Waals surface area contributed by atoms with Crippen molar-refractivity contribution in [3.8, 4) is 0 Å². The van der Waals surface area contributed by atoms with Gasteiger partial charge >= 0.3 is 6.03 Å². The third kappa shape index (κ3) is 2.71. The van der Waals surface area contributed by atoms with Crippen LogP contribution in [0.25, 0.3) is 0 Å². The lowest BCUT2D eigenvalue weighted by atomic mass is 9.66. The van der Waals surface area contributed by atoms with Gasteiger partial charge in [0.2, 0.25) is 11.8 Å². The van der Waals surface area contributed by atoms with Crippen LogP contribution in [0.2, 0.25) is 0 Å². The summed E-state index contributed by atoms with van der Waals surface area (Å²) in [6.07, 6.45) is 3.06. The van der Waals surface area contributed by atoms with E-state index in [4.69, 9.17) is 0 Å². The molecule has 0 aromatic heterocycles. The fourth-order valence-electron chi connectivity index (χ4n) is 4.96. The van der Waals surface area contributed by atoms with E-state index in [1.54, 1.807) is 13.0 Å². The van der Waals surface area contributed by atoms with E-state index in [1.807, 2.05) is 11.8 Å². The first-order valence-electron chi connectivity index (χ1n) is 10.0. The minimum Gasteiger partial charge on any atom is -0.367 e. The molecule has 3 heterocycles. The number of carbonyl (C=O) groups excluding carboxylic acids is 3. The van der Waals surface area contributed by atoms with E-state index in [2.05, 4.69) is 5.32 Å². The molecule has 3 aliphatic rings. The van der Waals surface area contributed by atoms with Crippen LogP contribution in [-0.4, -0.2) is 46.3 Å². The van der Waals surface area contributed by atoms with Gasteiger partial charge < -0.3 is 4.90 Å². The van der Waals surface area contributed by atoms with Crippen molar-refractivity contribution in [3.05, 3.63) is 33.9 Å². The number of fused-ring (bicyclic) bond motifs is 4. The van der Waals surface area contributed by atoms with Crippen molar-refractivity contribution in [1.82, 2.24) is 10.2 Å². The number of amides is 4. The van der Waals surface area contributed by atoms with Gasteiger partial charge in [-0.25, -0.2) is 4.79 Å². The molecule has 29 heavy (non-hydrogen) atoms. The van der Waals surface area contributed by atoms with E-state index >= 15 is 0 Å². The number of hydrogen-bond donors (Lipinski definition) is 1. The summed E-state index contributed by atoms with van der Waals surface area (Å²) in [7, 11) is 0. The summed E-state index contributed by atoms with van der Waals surface area (Å²) in [6, 6.07) is 3.20. The highest BCUT2D eigenvalue weighted by atomic mass is 16.6. The smallest absolute Gasteiger partial charge is 0.331 e. The Balaban J connectivity index is 1.88. The molecule has 1 N–H and O–H groups in total. The molecule has 3 atom stereocenters. The SMILES string of the molecule is CCC(C)N1C(=O)NC(=O)C2(Cc3cc([N+](=O)[O-])ccc3N3CCCCC32)C1=O. The van der Waals surface area contributed by atoms with Crippen LogP contribution in [0.1, 0.15) is 45.1 Å². The molecule has 4 amide bonds. The second kappa shape index (κ2) is 6.82. The molecule has 9 heteroatoms. The molecule has 1 aromatic rings. The monoisotopic (exact) mass is 400 g/mol. The van der Waals surface area contributed by atoms with Gasteiger partial charge in [-0.05, 0) is 44.2 Å². The van der Waals surface area contributed by atoms with Crippen LogP contribution in [0.4, 0.5) is 16.2 Å². The lowest BCUT2D eigenvalue weighted by Gasteiger charge is -2.54. The number of benzene rings is 1. The van der Waals surface area contributed by atoms with Crippen molar-refractivity contribution in [2.75, 3.05) is 11.4 Å². The average molecular weight is 400 g/mol. The second-order valence-electron chi connectivity index (χ2n) is 8.11. The van der Waals surface area contributed by atoms with Gasteiger partial charge in [0.05, 0.1) is 11.0 Å². The summed E-state index contributed by atoms with van der Waals surface area (Å²) in [4.78, 5) is 53.3. The van der Waals surface area contributed by atoms with Gasteiger partial charge in [-0.15, -0.1) is 0 Å². The van der Waals surface area contributed by atoms with E-state index < -0.39 is 28.2 Å². The molecular weight excluding hydrogens is 376 g/mol. The Morgan fingerprint density at radius 3 is 2.76 bits per heavy atom. The Morgan fingerprint density at radius 1 is 1.31 bits per heavy atom. The second-order valence-corrected chi connectivity index (χ2v) is 8.11. The van der Waals surface area contributed by atoms with Crippen LogP contribution >= 0.6 is 0 Å². The largest absolute Gasteiger partial charge is 0.367 e. The highest BCUT2D eigenvalue weighted by Crippen LogP contribution is 2.48. The zero-order valence-corrected chi connectivity index (χ0v) is 16.5. The van der Waals surface area contributed by atoms with E-state index in [0.29, 0.717) is 24.9 Å². The Morgan fingerprint density at radius 2 is 2.07 bits per heavy atom. The number of piperidine rings is 1. The minimum absolute atomic E-state index is 0.0516. The zero-order valence-electron chi connectivity index (χ0n) is 16.5. The molecule has 3 aliphatic heterocycles. The lowest BCUT2D eigenvalue weighted by molar-refractivity contribution is -0.384.